The predicted molar refractivity (Wildman–Crippen MR) is 124 cm³/mol. The fourth-order valence-corrected chi connectivity index (χ4v) is 3.59. The Balaban J connectivity index is 1.44. The van der Waals surface area contributed by atoms with Crippen LogP contribution in [-0.4, -0.2) is 32.7 Å². The van der Waals surface area contributed by atoms with Crippen molar-refractivity contribution < 1.29 is 14.1 Å². The number of hydrogen-bond acceptors (Lipinski definition) is 6. The third kappa shape index (κ3) is 5.28. The molecule has 2 aromatic carbocycles. The molecule has 1 amide bonds. The highest BCUT2D eigenvalue weighted by Gasteiger charge is 2.22. The van der Waals surface area contributed by atoms with Crippen LogP contribution >= 0.6 is 0 Å². The van der Waals surface area contributed by atoms with Crippen molar-refractivity contribution in [3.05, 3.63) is 83.8 Å². The Bertz CT molecular complexity index is 1210. The molecule has 8 heteroatoms. The van der Waals surface area contributed by atoms with Crippen LogP contribution in [0.15, 0.2) is 65.4 Å². The number of methoxy groups -OCH3 is 1. The summed E-state index contributed by atoms with van der Waals surface area (Å²) in [6, 6.07) is 15.2. The van der Waals surface area contributed by atoms with Gasteiger partial charge in [-0.15, -0.1) is 0 Å². The Morgan fingerprint density at radius 3 is 2.73 bits per heavy atom. The number of nitrogens with one attached hydrogen (secondary N) is 1. The van der Waals surface area contributed by atoms with Gasteiger partial charge in [-0.2, -0.15) is 4.98 Å². The Morgan fingerprint density at radius 2 is 2.03 bits per heavy atom. The molecule has 2 heterocycles. The molecule has 0 aliphatic heterocycles. The van der Waals surface area contributed by atoms with E-state index in [2.05, 4.69) is 39.5 Å². The van der Waals surface area contributed by atoms with Crippen molar-refractivity contribution >= 4 is 5.91 Å². The number of ether oxygens (including phenoxy) is 1. The van der Waals surface area contributed by atoms with Crippen molar-refractivity contribution in [2.45, 2.75) is 32.2 Å². The lowest BCUT2D eigenvalue weighted by Gasteiger charge is -2.19. The number of hydrogen-bond donors (Lipinski definition) is 1. The van der Waals surface area contributed by atoms with E-state index in [1.807, 2.05) is 54.2 Å². The van der Waals surface area contributed by atoms with Crippen LogP contribution in [0, 0.1) is 0 Å². The molecule has 2 aromatic heterocycles. The second-order valence-electron chi connectivity index (χ2n) is 7.74. The van der Waals surface area contributed by atoms with E-state index in [9.17, 15) is 4.79 Å². The summed E-state index contributed by atoms with van der Waals surface area (Å²) in [5.74, 6) is 2.25. The summed E-state index contributed by atoms with van der Waals surface area (Å²) in [6.07, 6.45) is 5.09. The lowest BCUT2D eigenvalue weighted by molar-refractivity contribution is -0.121. The number of imidazole rings is 1. The Morgan fingerprint density at radius 1 is 1.21 bits per heavy atom. The van der Waals surface area contributed by atoms with E-state index in [-0.39, 0.29) is 12.3 Å². The van der Waals surface area contributed by atoms with Gasteiger partial charge in [0.1, 0.15) is 17.6 Å². The van der Waals surface area contributed by atoms with Gasteiger partial charge in [-0.25, -0.2) is 4.98 Å². The number of aromatic nitrogens is 4. The molecule has 170 valence electrons. The first-order valence-electron chi connectivity index (χ1n) is 10.9. The summed E-state index contributed by atoms with van der Waals surface area (Å²) in [6.45, 7) is 2.11. The quantitative estimate of drug-likeness (QED) is 0.420. The largest absolute Gasteiger partial charge is 0.497 e. The minimum atomic E-state index is -0.414. The van der Waals surface area contributed by atoms with Gasteiger partial charge >= 0.3 is 0 Å². The molecule has 0 bridgehead atoms. The van der Waals surface area contributed by atoms with Crippen LogP contribution in [0.25, 0.3) is 11.4 Å². The van der Waals surface area contributed by atoms with E-state index in [1.165, 1.54) is 5.56 Å². The van der Waals surface area contributed by atoms with Crippen LogP contribution in [0.4, 0.5) is 0 Å². The van der Waals surface area contributed by atoms with Crippen LogP contribution in [0.2, 0.25) is 0 Å². The van der Waals surface area contributed by atoms with Crippen molar-refractivity contribution in [1.29, 1.82) is 0 Å². The van der Waals surface area contributed by atoms with Gasteiger partial charge in [0.25, 0.3) is 0 Å². The number of nitrogens with zero attached hydrogens (tertiary/aromatic N) is 4. The molecule has 1 unspecified atom stereocenters. The summed E-state index contributed by atoms with van der Waals surface area (Å²) in [5.41, 5.74) is 3.02. The van der Waals surface area contributed by atoms with E-state index < -0.39 is 6.04 Å². The first-order chi connectivity index (χ1) is 16.1. The van der Waals surface area contributed by atoms with Crippen molar-refractivity contribution in [1.82, 2.24) is 25.0 Å². The molecule has 4 rings (SSSR count). The Labute approximate surface area is 192 Å². The monoisotopic (exact) mass is 445 g/mol. The number of aryl methyl sites for hydroxylation is 3. The molecule has 0 saturated heterocycles. The van der Waals surface area contributed by atoms with Crippen molar-refractivity contribution in [2.24, 2.45) is 7.05 Å². The molecule has 0 radical (unpaired) electrons. The zero-order valence-corrected chi connectivity index (χ0v) is 19.0. The van der Waals surface area contributed by atoms with Gasteiger partial charge in [0.05, 0.1) is 7.11 Å². The van der Waals surface area contributed by atoms with Crippen LogP contribution in [0.5, 0.6) is 5.75 Å². The second-order valence-corrected chi connectivity index (χ2v) is 7.74. The molecular formula is C25H27N5O3. The zero-order valence-electron chi connectivity index (χ0n) is 19.0. The van der Waals surface area contributed by atoms with Gasteiger partial charge in [-0.05, 0) is 29.7 Å². The highest BCUT2D eigenvalue weighted by atomic mass is 16.5. The summed E-state index contributed by atoms with van der Waals surface area (Å²) < 4.78 is 12.6. The Hall–Kier alpha value is -3.94. The molecule has 1 atom stereocenters. The molecular weight excluding hydrogens is 418 g/mol. The third-order valence-electron chi connectivity index (χ3n) is 5.50. The topological polar surface area (TPSA) is 95.1 Å². The average Bonchev–Trinajstić information content (AvgIpc) is 3.50. The molecule has 0 spiro atoms. The second kappa shape index (κ2) is 10.1. The molecule has 0 saturated carbocycles. The molecule has 33 heavy (non-hydrogen) atoms. The number of amides is 1. The number of rotatable bonds is 9. The van der Waals surface area contributed by atoms with Crippen molar-refractivity contribution in [3.8, 4) is 17.1 Å². The predicted octanol–water partition coefficient (Wildman–Crippen LogP) is 3.88. The van der Waals surface area contributed by atoms with E-state index in [0.29, 0.717) is 23.9 Å². The summed E-state index contributed by atoms with van der Waals surface area (Å²) in [5, 5.41) is 7.14. The normalized spacial score (nSPS) is 11.8. The lowest BCUT2D eigenvalue weighted by Crippen LogP contribution is -2.31. The van der Waals surface area contributed by atoms with Gasteiger partial charge < -0.3 is 19.1 Å². The molecule has 0 aliphatic rings. The van der Waals surface area contributed by atoms with E-state index in [1.54, 1.807) is 13.3 Å². The van der Waals surface area contributed by atoms with Crippen LogP contribution in [0.1, 0.15) is 42.2 Å². The zero-order chi connectivity index (χ0) is 23.2. The highest BCUT2D eigenvalue weighted by Crippen LogP contribution is 2.24. The maximum absolute atomic E-state index is 12.8. The maximum Gasteiger partial charge on any atom is 0.227 e. The third-order valence-corrected chi connectivity index (χ3v) is 5.50. The van der Waals surface area contributed by atoms with Gasteiger partial charge in [0.2, 0.25) is 17.6 Å². The molecule has 0 aliphatic carbocycles. The molecule has 1 N–H and O–H groups in total. The van der Waals surface area contributed by atoms with Crippen LogP contribution in [-0.2, 0) is 24.7 Å². The van der Waals surface area contributed by atoms with E-state index in [4.69, 9.17) is 9.26 Å². The molecule has 4 aromatic rings. The smallest absolute Gasteiger partial charge is 0.227 e. The SMILES string of the molecule is CCc1ccc(-c2noc(CCC(=O)NC(c3cccc(OC)c3)c3nccn3C)n2)cc1. The summed E-state index contributed by atoms with van der Waals surface area (Å²) >= 11 is 0. The van der Waals surface area contributed by atoms with Crippen molar-refractivity contribution in [3.63, 3.8) is 0 Å². The Kier molecular flexibility index (Phi) is 6.83. The van der Waals surface area contributed by atoms with Crippen LogP contribution < -0.4 is 10.1 Å². The minimum absolute atomic E-state index is 0.141. The number of carbonyl (C=O) groups is 1. The highest BCUT2D eigenvalue weighted by molar-refractivity contribution is 5.77. The average molecular weight is 446 g/mol. The van der Waals surface area contributed by atoms with Gasteiger partial charge in [-0.3, -0.25) is 4.79 Å². The first kappa shape index (κ1) is 22.3. The fourth-order valence-electron chi connectivity index (χ4n) is 3.59. The van der Waals surface area contributed by atoms with Crippen molar-refractivity contribution in [2.75, 3.05) is 7.11 Å². The number of carbonyl (C=O) groups excluding carboxylic acids is 1. The summed E-state index contributed by atoms with van der Waals surface area (Å²) in [7, 11) is 3.51. The maximum atomic E-state index is 12.8. The standard InChI is InChI=1S/C25H27N5O3/c1-4-17-8-10-18(11-9-17)24-28-22(33-29-24)13-12-21(31)27-23(25-26-14-15-30(25)2)19-6-5-7-20(16-19)32-3/h5-11,14-16,23H,4,12-13H2,1-3H3,(H,27,31). The van der Waals surface area contributed by atoms with Crippen LogP contribution in [0.3, 0.4) is 0 Å². The summed E-state index contributed by atoms with van der Waals surface area (Å²) in [4.78, 5) is 21.7. The fraction of sp³-hybridized carbons (Fsp3) is 0.280. The van der Waals surface area contributed by atoms with Gasteiger partial charge in [0.15, 0.2) is 0 Å². The number of benzene rings is 2. The minimum Gasteiger partial charge on any atom is -0.497 e. The van der Waals surface area contributed by atoms with E-state index in [0.717, 1.165) is 23.4 Å². The van der Waals surface area contributed by atoms with Gasteiger partial charge in [0, 0.05) is 37.8 Å². The first-order valence-corrected chi connectivity index (χ1v) is 10.9. The van der Waals surface area contributed by atoms with Gasteiger partial charge in [-0.1, -0.05) is 48.5 Å². The molecule has 0 fully saturated rings. The lowest BCUT2D eigenvalue weighted by atomic mass is 10.1. The molecule has 8 nitrogen and oxygen atoms in total. The van der Waals surface area contributed by atoms with E-state index >= 15 is 0 Å².